The molecule has 1 saturated heterocycles. The molecule has 0 aromatic heterocycles. The maximum Gasteiger partial charge on any atom is 0.0951 e. The van der Waals surface area contributed by atoms with Crippen molar-refractivity contribution >= 4 is 0 Å². The van der Waals surface area contributed by atoms with E-state index in [0.717, 1.165) is 44.7 Å². The van der Waals surface area contributed by atoms with E-state index in [-0.39, 0.29) is 12.1 Å². The summed E-state index contributed by atoms with van der Waals surface area (Å²) in [5.41, 5.74) is 2.41. The summed E-state index contributed by atoms with van der Waals surface area (Å²) >= 11 is 0. The van der Waals surface area contributed by atoms with Gasteiger partial charge in [-0.25, -0.2) is 0 Å². The Kier molecular flexibility index (Phi) is 3.56. The number of fused-ring (bicyclic) bond motifs is 1. The molecule has 19 heavy (non-hydrogen) atoms. The first kappa shape index (κ1) is 12.7. The van der Waals surface area contributed by atoms with Gasteiger partial charge in [-0.3, -0.25) is 9.80 Å². The van der Waals surface area contributed by atoms with E-state index < -0.39 is 0 Å². The van der Waals surface area contributed by atoms with E-state index in [1.807, 2.05) is 6.07 Å². The Bertz CT molecular complexity index is 486. The van der Waals surface area contributed by atoms with Gasteiger partial charge in [-0.2, -0.15) is 0 Å². The van der Waals surface area contributed by atoms with Crippen LogP contribution < -0.4 is 0 Å². The van der Waals surface area contributed by atoms with Crippen LogP contribution >= 0.6 is 0 Å². The lowest BCUT2D eigenvalue weighted by Gasteiger charge is -2.38. The number of benzene rings is 1. The number of hydrogen-bond acceptors (Lipinski definition) is 3. The third-order valence-electron chi connectivity index (χ3n) is 4.36. The molecule has 0 bridgehead atoms. The van der Waals surface area contributed by atoms with Crippen LogP contribution in [-0.2, 0) is 6.42 Å². The summed E-state index contributed by atoms with van der Waals surface area (Å²) in [6, 6.07) is 8.49. The summed E-state index contributed by atoms with van der Waals surface area (Å²) in [5.74, 6) is 2.70. The maximum absolute atomic E-state index is 10.5. The van der Waals surface area contributed by atoms with Crippen molar-refractivity contribution < 1.29 is 5.11 Å². The lowest BCUT2D eigenvalue weighted by molar-refractivity contribution is 0.0305. The molecule has 0 amide bonds. The van der Waals surface area contributed by atoms with E-state index in [1.165, 1.54) is 5.56 Å². The fourth-order valence-corrected chi connectivity index (χ4v) is 3.26. The first-order valence-corrected chi connectivity index (χ1v) is 6.95. The molecule has 1 heterocycles. The van der Waals surface area contributed by atoms with E-state index in [4.69, 9.17) is 6.42 Å². The van der Waals surface area contributed by atoms with Crippen LogP contribution in [0.15, 0.2) is 24.3 Å². The average Bonchev–Trinajstić information content (AvgIpc) is 2.78. The Balaban J connectivity index is 1.65. The topological polar surface area (TPSA) is 26.7 Å². The fourth-order valence-electron chi connectivity index (χ4n) is 3.26. The molecule has 3 nitrogen and oxygen atoms in total. The lowest BCUT2D eigenvalue weighted by Crippen LogP contribution is -2.51. The fraction of sp³-hybridized carbons (Fsp3) is 0.500. The maximum atomic E-state index is 10.5. The van der Waals surface area contributed by atoms with Gasteiger partial charge in [0.05, 0.1) is 12.6 Å². The molecule has 0 radical (unpaired) electrons. The molecule has 100 valence electrons. The molecule has 1 aromatic rings. The molecule has 1 aliphatic carbocycles. The molecule has 1 N–H and O–H groups in total. The van der Waals surface area contributed by atoms with Crippen LogP contribution in [-0.4, -0.2) is 53.7 Å². The first-order valence-electron chi connectivity index (χ1n) is 6.95. The Labute approximate surface area is 114 Å². The minimum Gasteiger partial charge on any atom is -0.387 e. The predicted octanol–water partition coefficient (Wildman–Crippen LogP) is 0.895. The molecule has 0 spiro atoms. The van der Waals surface area contributed by atoms with Crippen molar-refractivity contribution in [1.82, 2.24) is 9.80 Å². The number of aliphatic hydroxyl groups is 1. The number of hydrogen-bond donors (Lipinski definition) is 1. The second-order valence-electron chi connectivity index (χ2n) is 5.43. The highest BCUT2D eigenvalue weighted by atomic mass is 16.3. The van der Waals surface area contributed by atoms with Crippen molar-refractivity contribution in [2.75, 3.05) is 32.7 Å². The SMILES string of the molecule is C#CCN1CCN(C2Cc3ccccc3C2O)CC1. The van der Waals surface area contributed by atoms with Gasteiger partial charge in [-0.15, -0.1) is 6.42 Å². The van der Waals surface area contributed by atoms with Crippen molar-refractivity contribution in [2.45, 2.75) is 18.6 Å². The third kappa shape index (κ3) is 2.40. The van der Waals surface area contributed by atoms with Crippen LogP contribution in [0.3, 0.4) is 0 Å². The standard InChI is InChI=1S/C16H20N2O/c1-2-7-17-8-10-18(11-9-17)15-12-13-5-3-4-6-14(13)16(15)19/h1,3-6,15-16,19H,7-12H2. The summed E-state index contributed by atoms with van der Waals surface area (Å²) in [6.45, 7) is 4.74. The third-order valence-corrected chi connectivity index (χ3v) is 4.36. The Morgan fingerprint density at radius 3 is 2.63 bits per heavy atom. The van der Waals surface area contributed by atoms with Gasteiger partial charge in [0.15, 0.2) is 0 Å². The van der Waals surface area contributed by atoms with Gasteiger partial charge < -0.3 is 5.11 Å². The van der Waals surface area contributed by atoms with Gasteiger partial charge in [-0.1, -0.05) is 30.2 Å². The van der Waals surface area contributed by atoms with E-state index in [1.54, 1.807) is 0 Å². The molecule has 2 unspecified atom stereocenters. The summed E-state index contributed by atoms with van der Waals surface area (Å²) in [7, 11) is 0. The summed E-state index contributed by atoms with van der Waals surface area (Å²) < 4.78 is 0. The van der Waals surface area contributed by atoms with E-state index in [2.05, 4.69) is 33.9 Å². The number of rotatable bonds is 2. The van der Waals surface area contributed by atoms with Crippen LogP contribution in [0.1, 0.15) is 17.2 Å². The average molecular weight is 256 g/mol. The van der Waals surface area contributed by atoms with Crippen LogP contribution in [0.2, 0.25) is 0 Å². The highest BCUT2D eigenvalue weighted by Crippen LogP contribution is 2.34. The van der Waals surface area contributed by atoms with E-state index in [9.17, 15) is 5.11 Å². The van der Waals surface area contributed by atoms with Gasteiger partial charge in [0.25, 0.3) is 0 Å². The molecule has 2 atom stereocenters. The lowest BCUT2D eigenvalue weighted by atomic mass is 10.1. The Morgan fingerprint density at radius 1 is 1.21 bits per heavy atom. The number of piperazine rings is 1. The molecule has 1 aliphatic heterocycles. The van der Waals surface area contributed by atoms with Crippen LogP contribution in [0.5, 0.6) is 0 Å². The van der Waals surface area contributed by atoms with Gasteiger partial charge >= 0.3 is 0 Å². The minimum absolute atomic E-state index is 0.241. The van der Waals surface area contributed by atoms with Crippen LogP contribution in [0.4, 0.5) is 0 Å². The van der Waals surface area contributed by atoms with Crippen molar-refractivity contribution in [3.05, 3.63) is 35.4 Å². The monoisotopic (exact) mass is 256 g/mol. The van der Waals surface area contributed by atoms with Gasteiger partial charge in [0.1, 0.15) is 0 Å². The summed E-state index contributed by atoms with van der Waals surface area (Å²) in [6.07, 6.45) is 5.98. The number of nitrogens with zero attached hydrogens (tertiary/aromatic N) is 2. The molecule has 3 heteroatoms. The first-order chi connectivity index (χ1) is 9.29. The van der Waals surface area contributed by atoms with Crippen molar-refractivity contribution in [1.29, 1.82) is 0 Å². The van der Waals surface area contributed by atoms with Gasteiger partial charge in [0.2, 0.25) is 0 Å². The molecule has 2 aliphatic rings. The molecule has 0 saturated carbocycles. The van der Waals surface area contributed by atoms with Crippen molar-refractivity contribution in [2.24, 2.45) is 0 Å². The molecular formula is C16H20N2O. The van der Waals surface area contributed by atoms with Crippen molar-refractivity contribution in [3.8, 4) is 12.3 Å². The summed E-state index contributed by atoms with van der Waals surface area (Å²) in [4.78, 5) is 4.71. The largest absolute Gasteiger partial charge is 0.387 e. The van der Waals surface area contributed by atoms with Gasteiger partial charge in [-0.05, 0) is 17.5 Å². The van der Waals surface area contributed by atoms with Gasteiger partial charge in [0, 0.05) is 32.2 Å². The number of terminal acetylenes is 1. The summed E-state index contributed by atoms with van der Waals surface area (Å²) in [5, 5.41) is 10.5. The molecular weight excluding hydrogens is 236 g/mol. The highest BCUT2D eigenvalue weighted by molar-refractivity contribution is 5.35. The Morgan fingerprint density at radius 2 is 1.95 bits per heavy atom. The zero-order chi connectivity index (χ0) is 13.2. The van der Waals surface area contributed by atoms with E-state index >= 15 is 0 Å². The smallest absolute Gasteiger partial charge is 0.0951 e. The quantitative estimate of drug-likeness (QED) is 0.796. The molecule has 1 fully saturated rings. The molecule has 3 rings (SSSR count). The second kappa shape index (κ2) is 5.34. The predicted molar refractivity (Wildman–Crippen MR) is 75.7 cm³/mol. The zero-order valence-electron chi connectivity index (χ0n) is 11.1. The second-order valence-corrected chi connectivity index (χ2v) is 5.43. The zero-order valence-corrected chi connectivity index (χ0v) is 11.1. The minimum atomic E-state index is -0.338. The normalized spacial score (nSPS) is 28.0. The van der Waals surface area contributed by atoms with E-state index in [0.29, 0.717) is 0 Å². The van der Waals surface area contributed by atoms with Crippen LogP contribution in [0, 0.1) is 12.3 Å². The Hall–Kier alpha value is -1.34. The number of aliphatic hydroxyl groups excluding tert-OH is 1. The highest BCUT2D eigenvalue weighted by Gasteiger charge is 2.35. The molecule has 1 aromatic carbocycles. The van der Waals surface area contributed by atoms with Crippen LogP contribution in [0.25, 0.3) is 0 Å². The van der Waals surface area contributed by atoms with Crippen molar-refractivity contribution in [3.63, 3.8) is 0 Å².